The molecule has 0 unspecified atom stereocenters. The minimum absolute atomic E-state index is 0.0643. The van der Waals surface area contributed by atoms with E-state index in [2.05, 4.69) is 4.98 Å². The van der Waals surface area contributed by atoms with Crippen LogP contribution in [-0.2, 0) is 12.6 Å². The Hall–Kier alpha value is -3.80. The Kier molecular flexibility index (Phi) is 7.81. The molecule has 0 radical (unpaired) electrons. The molecule has 0 aliphatic rings. The standard InChI is InChI=1S/C28H19Cl2F3N2O3/c1-15(2)37-27-13-22(28(31,32)33)21-9-17(5-8-25(21)35-27)26(36)10-16-3-6-19(11-23(16)29)38-20-7-4-18(14-34)24(30)12-20/h3-9,11-13,15H,10H2,1-2H3. The monoisotopic (exact) mass is 558 g/mol. The van der Waals surface area contributed by atoms with Crippen LogP contribution in [0.4, 0.5) is 13.2 Å². The van der Waals surface area contributed by atoms with Crippen LogP contribution < -0.4 is 9.47 Å². The average molecular weight is 559 g/mol. The van der Waals surface area contributed by atoms with Crippen LogP contribution in [0.3, 0.4) is 0 Å². The predicted octanol–water partition coefficient (Wildman–Crippen LogP) is 8.44. The number of ketones is 1. The Morgan fingerprint density at radius 1 is 1.00 bits per heavy atom. The summed E-state index contributed by atoms with van der Waals surface area (Å²) in [4.78, 5) is 17.2. The Morgan fingerprint density at radius 2 is 1.68 bits per heavy atom. The van der Waals surface area contributed by atoms with Crippen molar-refractivity contribution in [3.8, 4) is 23.4 Å². The molecule has 1 aromatic heterocycles. The maximum atomic E-state index is 13.8. The largest absolute Gasteiger partial charge is 0.475 e. The summed E-state index contributed by atoms with van der Waals surface area (Å²) in [6.07, 6.45) is -5.17. The van der Waals surface area contributed by atoms with E-state index in [1.165, 1.54) is 36.4 Å². The van der Waals surface area contributed by atoms with Crippen molar-refractivity contribution >= 4 is 39.9 Å². The summed E-state index contributed by atoms with van der Waals surface area (Å²) in [6.45, 7) is 3.38. The van der Waals surface area contributed by atoms with E-state index in [9.17, 15) is 18.0 Å². The topological polar surface area (TPSA) is 72.2 Å². The number of hydrogen-bond acceptors (Lipinski definition) is 5. The highest BCUT2D eigenvalue weighted by atomic mass is 35.5. The molecule has 0 spiro atoms. The molecule has 3 aromatic carbocycles. The second-order valence-corrected chi connectivity index (χ2v) is 9.43. The van der Waals surface area contributed by atoms with Gasteiger partial charge in [0.05, 0.1) is 27.8 Å². The van der Waals surface area contributed by atoms with Gasteiger partial charge < -0.3 is 9.47 Å². The van der Waals surface area contributed by atoms with E-state index < -0.39 is 17.5 Å². The van der Waals surface area contributed by atoms with Gasteiger partial charge in [0, 0.05) is 34.5 Å². The number of fused-ring (bicyclic) bond motifs is 1. The number of benzene rings is 3. The van der Waals surface area contributed by atoms with Crippen LogP contribution in [0.5, 0.6) is 17.4 Å². The number of hydrogen-bond donors (Lipinski definition) is 0. The highest BCUT2D eigenvalue weighted by molar-refractivity contribution is 6.32. The zero-order chi connectivity index (χ0) is 27.6. The van der Waals surface area contributed by atoms with Gasteiger partial charge in [0.25, 0.3) is 0 Å². The molecule has 4 rings (SSSR count). The number of ether oxygens (including phenoxy) is 2. The Balaban J connectivity index is 1.57. The molecule has 0 amide bonds. The third kappa shape index (κ3) is 6.18. The van der Waals surface area contributed by atoms with Crippen LogP contribution in [0.25, 0.3) is 10.9 Å². The van der Waals surface area contributed by atoms with E-state index in [1.807, 2.05) is 6.07 Å². The van der Waals surface area contributed by atoms with E-state index in [0.717, 1.165) is 6.07 Å². The maximum Gasteiger partial charge on any atom is 0.417 e. The minimum atomic E-state index is -4.67. The number of pyridine rings is 1. The molecule has 4 aromatic rings. The Labute approximate surface area is 226 Å². The molecule has 5 nitrogen and oxygen atoms in total. The highest BCUT2D eigenvalue weighted by Crippen LogP contribution is 2.37. The van der Waals surface area contributed by atoms with Gasteiger partial charge in [0.1, 0.15) is 17.6 Å². The van der Waals surface area contributed by atoms with Crippen molar-refractivity contribution in [1.82, 2.24) is 4.98 Å². The predicted molar refractivity (Wildman–Crippen MR) is 138 cm³/mol. The molecule has 0 N–H and O–H groups in total. The Bertz CT molecular complexity index is 1580. The second kappa shape index (κ2) is 10.9. The molecule has 0 fully saturated rings. The van der Waals surface area contributed by atoms with Crippen molar-refractivity contribution in [3.05, 3.63) is 93.0 Å². The highest BCUT2D eigenvalue weighted by Gasteiger charge is 2.34. The van der Waals surface area contributed by atoms with Crippen molar-refractivity contribution in [2.45, 2.75) is 32.5 Å². The molecule has 0 saturated carbocycles. The number of rotatable bonds is 7. The summed E-state index contributed by atoms with van der Waals surface area (Å²) in [5, 5.41) is 9.26. The van der Waals surface area contributed by atoms with E-state index in [1.54, 1.807) is 32.0 Å². The first-order valence-corrected chi connectivity index (χ1v) is 12.1. The van der Waals surface area contributed by atoms with Crippen LogP contribution in [0.2, 0.25) is 10.0 Å². The molecule has 0 bridgehead atoms. The molecule has 10 heteroatoms. The van der Waals surface area contributed by atoms with Crippen molar-refractivity contribution in [3.63, 3.8) is 0 Å². The van der Waals surface area contributed by atoms with Crippen LogP contribution >= 0.6 is 23.2 Å². The van der Waals surface area contributed by atoms with Gasteiger partial charge in [0.15, 0.2) is 5.78 Å². The first-order chi connectivity index (χ1) is 17.9. The molecule has 194 valence electrons. The summed E-state index contributed by atoms with van der Waals surface area (Å²) in [5.41, 5.74) is -0.00505. The zero-order valence-electron chi connectivity index (χ0n) is 20.1. The zero-order valence-corrected chi connectivity index (χ0v) is 21.6. The molecular formula is C28H19Cl2F3N2O3. The molecule has 0 aliphatic carbocycles. The van der Waals surface area contributed by atoms with Crippen molar-refractivity contribution < 1.29 is 27.4 Å². The van der Waals surface area contributed by atoms with Crippen LogP contribution in [0.15, 0.2) is 60.7 Å². The van der Waals surface area contributed by atoms with Crippen LogP contribution in [0, 0.1) is 11.3 Å². The number of nitriles is 1. The van der Waals surface area contributed by atoms with E-state index in [4.69, 9.17) is 37.9 Å². The van der Waals surface area contributed by atoms with Gasteiger partial charge in [0.2, 0.25) is 5.88 Å². The van der Waals surface area contributed by atoms with Crippen LogP contribution in [0.1, 0.15) is 40.9 Å². The summed E-state index contributed by atoms with van der Waals surface area (Å²) in [5.74, 6) is 0.201. The molecule has 0 aliphatic heterocycles. The number of Topliss-reactive ketones (excluding diaryl/α,β-unsaturated/α-hetero) is 1. The maximum absolute atomic E-state index is 13.8. The average Bonchev–Trinajstić information content (AvgIpc) is 2.84. The van der Waals surface area contributed by atoms with Crippen molar-refractivity contribution in [2.75, 3.05) is 0 Å². The van der Waals surface area contributed by atoms with Crippen LogP contribution in [-0.4, -0.2) is 16.9 Å². The van der Waals surface area contributed by atoms with Gasteiger partial charge in [-0.3, -0.25) is 4.79 Å². The van der Waals surface area contributed by atoms with Crippen molar-refractivity contribution in [1.29, 1.82) is 5.26 Å². The first-order valence-electron chi connectivity index (χ1n) is 11.3. The SMILES string of the molecule is CC(C)Oc1cc(C(F)(F)F)c2cc(C(=O)Cc3ccc(Oc4ccc(C#N)c(Cl)c4)cc3Cl)ccc2n1. The lowest BCUT2D eigenvalue weighted by Gasteiger charge is -2.15. The number of carbonyl (C=O) groups is 1. The number of aromatic nitrogens is 1. The Morgan fingerprint density at radius 3 is 2.29 bits per heavy atom. The minimum Gasteiger partial charge on any atom is -0.475 e. The number of halogens is 5. The lowest BCUT2D eigenvalue weighted by molar-refractivity contribution is -0.136. The number of alkyl halides is 3. The second-order valence-electron chi connectivity index (χ2n) is 8.61. The molecule has 0 atom stereocenters. The molecule has 0 saturated heterocycles. The molecular weight excluding hydrogens is 540 g/mol. The quantitative estimate of drug-likeness (QED) is 0.213. The third-order valence-electron chi connectivity index (χ3n) is 5.44. The third-order valence-corrected chi connectivity index (χ3v) is 6.11. The fourth-order valence-electron chi connectivity index (χ4n) is 3.71. The van der Waals surface area contributed by atoms with E-state index >= 15 is 0 Å². The van der Waals surface area contributed by atoms with Gasteiger partial charge >= 0.3 is 6.18 Å². The van der Waals surface area contributed by atoms with Gasteiger partial charge in [-0.1, -0.05) is 29.3 Å². The summed E-state index contributed by atoms with van der Waals surface area (Å²) >= 11 is 12.4. The summed E-state index contributed by atoms with van der Waals surface area (Å²) < 4.78 is 52.5. The summed E-state index contributed by atoms with van der Waals surface area (Å²) in [7, 11) is 0. The number of carbonyl (C=O) groups excluding carboxylic acids is 1. The van der Waals surface area contributed by atoms with Gasteiger partial charge in [-0.15, -0.1) is 0 Å². The molecule has 1 heterocycles. The smallest absolute Gasteiger partial charge is 0.417 e. The fourth-order valence-corrected chi connectivity index (χ4v) is 4.16. The summed E-state index contributed by atoms with van der Waals surface area (Å²) in [6, 6.07) is 16.1. The fraction of sp³-hybridized carbons (Fsp3) is 0.179. The number of nitrogens with zero attached hydrogens (tertiary/aromatic N) is 2. The van der Waals surface area contributed by atoms with Gasteiger partial charge in [-0.05, 0) is 61.9 Å². The first kappa shape index (κ1) is 27.2. The lowest BCUT2D eigenvalue weighted by Crippen LogP contribution is -2.12. The van der Waals surface area contributed by atoms with E-state index in [0.29, 0.717) is 22.6 Å². The van der Waals surface area contributed by atoms with E-state index in [-0.39, 0.29) is 44.9 Å². The normalized spacial score (nSPS) is 11.4. The van der Waals surface area contributed by atoms with Crippen molar-refractivity contribution in [2.24, 2.45) is 0 Å². The molecule has 38 heavy (non-hydrogen) atoms. The lowest BCUT2D eigenvalue weighted by atomic mass is 9.99. The van der Waals surface area contributed by atoms with Gasteiger partial charge in [-0.2, -0.15) is 18.4 Å². The van der Waals surface area contributed by atoms with Gasteiger partial charge in [-0.25, -0.2) is 4.98 Å².